The minimum absolute atomic E-state index is 0.0911. The molecule has 12 nitrogen and oxygen atoms in total. The fourth-order valence-electron chi connectivity index (χ4n) is 5.67. The molecule has 0 aliphatic carbocycles. The standard InChI is InChI=1S/C39H36Cl2N6O6/c1-22(2)38(50)52-13-5-7-24-15-26(36(48)34(17-24)46-42-30-11-9-28(40)20-32(30)44-46)19-27-16-25(8-6-14-53-39(51)23(3)4)18-35(37(27)49)47-43-31-12-10-29(41)21-33(31)45-47/h9-12,15-18,20-21,48-49H,1,3,5-8,13-14,19H2,2,4H3. The number of rotatable bonds is 14. The van der Waals surface area contributed by atoms with Crippen molar-refractivity contribution in [2.24, 2.45) is 0 Å². The summed E-state index contributed by atoms with van der Waals surface area (Å²) in [6.07, 6.45) is 2.06. The molecule has 0 spiro atoms. The first-order valence-corrected chi connectivity index (χ1v) is 17.5. The Balaban J connectivity index is 1.39. The fraction of sp³-hybridized carbons (Fsp3) is 0.231. The summed E-state index contributed by atoms with van der Waals surface area (Å²) >= 11 is 12.4. The van der Waals surface area contributed by atoms with Crippen molar-refractivity contribution in [3.63, 3.8) is 0 Å². The van der Waals surface area contributed by atoms with E-state index in [4.69, 9.17) is 32.7 Å². The number of ether oxygens (including phenoxy) is 2. The Bertz CT molecular complexity index is 2240. The first-order valence-electron chi connectivity index (χ1n) is 16.8. The van der Waals surface area contributed by atoms with Gasteiger partial charge in [-0.05, 0) is 99.2 Å². The van der Waals surface area contributed by atoms with Crippen LogP contribution in [0.2, 0.25) is 10.0 Å². The van der Waals surface area contributed by atoms with E-state index in [1.807, 2.05) is 12.1 Å². The van der Waals surface area contributed by atoms with Gasteiger partial charge in [0.15, 0.2) is 0 Å². The Morgan fingerprint density at radius 1 is 0.642 bits per heavy atom. The van der Waals surface area contributed by atoms with Gasteiger partial charge in [-0.1, -0.05) is 48.5 Å². The van der Waals surface area contributed by atoms with Crippen LogP contribution >= 0.6 is 23.2 Å². The highest BCUT2D eigenvalue weighted by Gasteiger charge is 2.20. The molecule has 2 heterocycles. The maximum Gasteiger partial charge on any atom is 0.333 e. The molecule has 53 heavy (non-hydrogen) atoms. The minimum atomic E-state index is -0.467. The summed E-state index contributed by atoms with van der Waals surface area (Å²) in [5, 5.41) is 42.8. The van der Waals surface area contributed by atoms with Crippen LogP contribution in [0.5, 0.6) is 11.5 Å². The zero-order valence-corrected chi connectivity index (χ0v) is 30.6. The number of esters is 2. The van der Waals surface area contributed by atoms with E-state index in [-0.39, 0.29) is 31.1 Å². The second-order valence-corrected chi connectivity index (χ2v) is 13.6. The Kier molecular flexibility index (Phi) is 11.1. The molecule has 6 aromatic rings. The molecule has 0 saturated carbocycles. The van der Waals surface area contributed by atoms with Crippen LogP contribution in [0.15, 0.2) is 85.0 Å². The van der Waals surface area contributed by atoms with E-state index in [0.717, 1.165) is 11.1 Å². The predicted octanol–water partition coefficient (Wildman–Crippen LogP) is 7.57. The Labute approximate surface area is 314 Å². The fourth-order valence-corrected chi connectivity index (χ4v) is 6.01. The maximum absolute atomic E-state index is 11.9. The van der Waals surface area contributed by atoms with Gasteiger partial charge in [0.2, 0.25) is 0 Å². The van der Waals surface area contributed by atoms with Crippen LogP contribution in [-0.4, -0.2) is 65.4 Å². The van der Waals surface area contributed by atoms with E-state index in [2.05, 4.69) is 33.6 Å². The largest absolute Gasteiger partial charge is 0.505 e. The van der Waals surface area contributed by atoms with Gasteiger partial charge in [0.25, 0.3) is 0 Å². The number of carbonyl (C=O) groups is 2. The van der Waals surface area contributed by atoms with Crippen molar-refractivity contribution < 1.29 is 29.3 Å². The van der Waals surface area contributed by atoms with Crippen LogP contribution in [0.25, 0.3) is 33.4 Å². The van der Waals surface area contributed by atoms with E-state index < -0.39 is 11.9 Å². The number of phenolic OH excluding ortho intramolecular Hbond substituents is 2. The SMILES string of the molecule is C=C(C)C(=O)OCCCc1cc(Cc2cc(CCCOC(=O)C(=C)C)cc(-n3nc4ccc(Cl)cc4n3)c2O)c(O)c(-n2nc3ccc(Cl)cc3n2)c1. The molecule has 0 atom stereocenters. The summed E-state index contributed by atoms with van der Waals surface area (Å²) in [7, 11) is 0. The summed E-state index contributed by atoms with van der Waals surface area (Å²) in [6.45, 7) is 10.8. The number of hydrogen-bond acceptors (Lipinski definition) is 10. The van der Waals surface area contributed by atoms with Crippen molar-refractivity contribution in [3.8, 4) is 22.9 Å². The lowest BCUT2D eigenvalue weighted by Gasteiger charge is -2.16. The summed E-state index contributed by atoms with van der Waals surface area (Å²) in [6, 6.07) is 17.5. The third-order valence-electron chi connectivity index (χ3n) is 8.34. The Morgan fingerprint density at radius 3 is 1.43 bits per heavy atom. The molecular weight excluding hydrogens is 719 g/mol. The Morgan fingerprint density at radius 2 is 1.04 bits per heavy atom. The van der Waals surface area contributed by atoms with Gasteiger partial charge in [-0.3, -0.25) is 0 Å². The average molecular weight is 756 g/mol. The smallest absolute Gasteiger partial charge is 0.333 e. The highest BCUT2D eigenvalue weighted by Crippen LogP contribution is 2.36. The van der Waals surface area contributed by atoms with E-state index in [1.165, 1.54) is 9.59 Å². The van der Waals surface area contributed by atoms with Crippen LogP contribution in [0.4, 0.5) is 0 Å². The molecule has 14 heteroatoms. The highest BCUT2D eigenvalue weighted by molar-refractivity contribution is 6.31. The topological polar surface area (TPSA) is 154 Å². The number of aromatic nitrogens is 6. The van der Waals surface area contributed by atoms with Crippen molar-refractivity contribution >= 4 is 57.2 Å². The molecule has 0 aliphatic heterocycles. The van der Waals surface area contributed by atoms with Crippen molar-refractivity contribution in [2.75, 3.05) is 13.2 Å². The van der Waals surface area contributed by atoms with E-state index in [0.29, 0.717) is 91.4 Å². The lowest BCUT2D eigenvalue weighted by atomic mass is 9.95. The van der Waals surface area contributed by atoms with E-state index in [9.17, 15) is 19.8 Å². The van der Waals surface area contributed by atoms with Crippen LogP contribution in [0.1, 0.15) is 48.9 Å². The number of fused-ring (bicyclic) bond motifs is 2. The van der Waals surface area contributed by atoms with E-state index in [1.54, 1.807) is 62.4 Å². The second kappa shape index (κ2) is 15.9. The van der Waals surface area contributed by atoms with Gasteiger partial charge in [-0.2, -0.15) is 0 Å². The van der Waals surface area contributed by atoms with Gasteiger partial charge >= 0.3 is 11.9 Å². The second-order valence-electron chi connectivity index (χ2n) is 12.7. The molecular formula is C39H36Cl2N6O6. The van der Waals surface area contributed by atoms with Crippen molar-refractivity contribution in [1.82, 2.24) is 30.0 Å². The number of aromatic hydroxyl groups is 2. The summed E-state index contributed by atoms with van der Waals surface area (Å²) in [5.41, 5.74) is 6.08. The molecule has 0 bridgehead atoms. The maximum atomic E-state index is 11.9. The number of phenols is 2. The third kappa shape index (κ3) is 8.67. The normalized spacial score (nSPS) is 11.2. The number of nitrogens with zero attached hydrogens (tertiary/aromatic N) is 6. The third-order valence-corrected chi connectivity index (χ3v) is 8.81. The summed E-state index contributed by atoms with van der Waals surface area (Å²) < 4.78 is 10.6. The van der Waals surface area contributed by atoms with Crippen molar-refractivity contribution in [3.05, 3.63) is 117 Å². The first-order chi connectivity index (χ1) is 25.4. The lowest BCUT2D eigenvalue weighted by Crippen LogP contribution is -2.08. The van der Waals surface area contributed by atoms with Gasteiger partial charge < -0.3 is 19.7 Å². The van der Waals surface area contributed by atoms with Gasteiger partial charge in [0, 0.05) is 38.7 Å². The summed E-state index contributed by atoms with van der Waals surface area (Å²) in [4.78, 5) is 26.6. The van der Waals surface area contributed by atoms with Crippen molar-refractivity contribution in [2.45, 2.75) is 46.0 Å². The number of halogens is 2. The zero-order chi connectivity index (χ0) is 37.8. The molecule has 0 radical (unpaired) electrons. The van der Waals surface area contributed by atoms with Gasteiger partial charge in [-0.15, -0.1) is 30.0 Å². The zero-order valence-electron chi connectivity index (χ0n) is 29.1. The van der Waals surface area contributed by atoms with Gasteiger partial charge in [0.05, 0.1) is 13.2 Å². The Hall–Kier alpha value is -5.72. The number of aryl methyl sites for hydroxylation is 2. The lowest BCUT2D eigenvalue weighted by molar-refractivity contribution is -0.139. The molecule has 4 aromatic carbocycles. The van der Waals surface area contributed by atoms with Crippen LogP contribution in [-0.2, 0) is 38.3 Å². The monoisotopic (exact) mass is 754 g/mol. The molecule has 6 rings (SSSR count). The summed E-state index contributed by atoms with van der Waals surface area (Å²) in [5.74, 6) is -1.12. The molecule has 0 fully saturated rings. The van der Waals surface area contributed by atoms with Crippen molar-refractivity contribution in [1.29, 1.82) is 0 Å². The average Bonchev–Trinajstić information content (AvgIpc) is 3.74. The molecule has 0 aliphatic rings. The van der Waals surface area contributed by atoms with Gasteiger partial charge in [-0.25, -0.2) is 9.59 Å². The minimum Gasteiger partial charge on any atom is -0.505 e. The van der Waals surface area contributed by atoms with E-state index >= 15 is 0 Å². The van der Waals surface area contributed by atoms with Crippen LogP contribution < -0.4 is 0 Å². The quantitative estimate of drug-likeness (QED) is 0.0647. The molecule has 272 valence electrons. The van der Waals surface area contributed by atoms with Crippen LogP contribution in [0.3, 0.4) is 0 Å². The predicted molar refractivity (Wildman–Crippen MR) is 202 cm³/mol. The molecule has 2 aromatic heterocycles. The number of benzene rings is 4. The first kappa shape index (κ1) is 37.1. The van der Waals surface area contributed by atoms with Crippen LogP contribution in [0, 0.1) is 0 Å². The highest BCUT2D eigenvalue weighted by atomic mass is 35.5. The molecule has 0 saturated heterocycles. The molecule has 0 amide bonds. The molecule has 0 unspecified atom stereocenters. The number of hydrogen-bond donors (Lipinski definition) is 2. The number of carbonyl (C=O) groups excluding carboxylic acids is 2. The molecule has 2 N–H and O–H groups in total. The van der Waals surface area contributed by atoms with Gasteiger partial charge in [0.1, 0.15) is 44.9 Å².